The van der Waals surface area contributed by atoms with Gasteiger partial charge < -0.3 is 14.5 Å². The molecular formula is C22H21N5O3S. The molecule has 0 spiro atoms. The van der Waals surface area contributed by atoms with Crippen LogP contribution in [0.4, 0.5) is 5.69 Å². The maximum atomic E-state index is 12.8. The number of thioether (sulfide) groups is 1. The van der Waals surface area contributed by atoms with E-state index in [0.717, 1.165) is 11.3 Å². The number of amides is 1. The van der Waals surface area contributed by atoms with Crippen LogP contribution in [0.25, 0.3) is 11.4 Å². The summed E-state index contributed by atoms with van der Waals surface area (Å²) in [7, 11) is 1.59. The standard InChI is InChI=1S/C22H21N5O3S/c1-15(21(28)24-17-7-3-8-18(12-17)29-2)31-22-26-25-20(16-6-4-10-23-13-16)27(22)14-19-9-5-11-30-19/h3-13,15H,14H2,1-2H3,(H,24,28)/t15-/m1/s1. The molecule has 0 saturated heterocycles. The average molecular weight is 436 g/mol. The van der Waals surface area contributed by atoms with Gasteiger partial charge in [0, 0.05) is 29.7 Å². The number of carbonyl (C=O) groups is 1. The van der Waals surface area contributed by atoms with Gasteiger partial charge >= 0.3 is 0 Å². The van der Waals surface area contributed by atoms with Crippen LogP contribution in [-0.2, 0) is 11.3 Å². The molecule has 3 aromatic heterocycles. The van der Waals surface area contributed by atoms with Gasteiger partial charge in [0.1, 0.15) is 11.5 Å². The van der Waals surface area contributed by atoms with Gasteiger partial charge in [-0.2, -0.15) is 0 Å². The van der Waals surface area contributed by atoms with Crippen molar-refractivity contribution in [2.24, 2.45) is 0 Å². The number of hydrogen-bond donors (Lipinski definition) is 1. The largest absolute Gasteiger partial charge is 0.497 e. The zero-order valence-electron chi connectivity index (χ0n) is 17.1. The quantitative estimate of drug-likeness (QED) is 0.416. The van der Waals surface area contributed by atoms with Gasteiger partial charge in [-0.05, 0) is 43.3 Å². The predicted octanol–water partition coefficient (Wildman–Crippen LogP) is 4.11. The molecule has 1 amide bonds. The number of furan rings is 1. The van der Waals surface area contributed by atoms with Crippen LogP contribution in [0.1, 0.15) is 12.7 Å². The van der Waals surface area contributed by atoms with Crippen LogP contribution in [0, 0.1) is 0 Å². The van der Waals surface area contributed by atoms with Gasteiger partial charge in [0.05, 0.1) is 25.2 Å². The van der Waals surface area contributed by atoms with Crippen molar-refractivity contribution in [1.29, 1.82) is 0 Å². The summed E-state index contributed by atoms with van der Waals surface area (Å²) in [6, 6.07) is 14.7. The molecule has 4 rings (SSSR count). The number of benzene rings is 1. The number of carbonyl (C=O) groups excluding carboxylic acids is 1. The van der Waals surface area contributed by atoms with Crippen molar-refractivity contribution in [2.75, 3.05) is 12.4 Å². The highest BCUT2D eigenvalue weighted by atomic mass is 32.2. The molecule has 0 unspecified atom stereocenters. The minimum Gasteiger partial charge on any atom is -0.497 e. The summed E-state index contributed by atoms with van der Waals surface area (Å²) in [5.74, 6) is 1.96. The third-order valence-corrected chi connectivity index (χ3v) is 5.60. The van der Waals surface area contributed by atoms with Crippen molar-refractivity contribution in [2.45, 2.75) is 23.9 Å². The van der Waals surface area contributed by atoms with Crippen LogP contribution in [0.15, 0.2) is 76.8 Å². The number of pyridine rings is 1. The third-order valence-electron chi connectivity index (χ3n) is 4.52. The Morgan fingerprint density at radius 3 is 2.87 bits per heavy atom. The molecule has 0 aliphatic rings. The Bertz CT molecular complexity index is 1150. The van der Waals surface area contributed by atoms with Crippen LogP contribution in [-0.4, -0.2) is 38.0 Å². The number of nitrogens with zero attached hydrogens (tertiary/aromatic N) is 4. The highest BCUT2D eigenvalue weighted by Gasteiger charge is 2.22. The number of rotatable bonds is 8. The smallest absolute Gasteiger partial charge is 0.237 e. The second kappa shape index (κ2) is 9.48. The Balaban J connectivity index is 1.55. The molecule has 0 radical (unpaired) electrons. The van der Waals surface area contributed by atoms with Crippen molar-refractivity contribution in [3.8, 4) is 17.1 Å². The SMILES string of the molecule is COc1cccc(NC(=O)[C@@H](C)Sc2nnc(-c3cccnc3)n2Cc2ccco2)c1. The Morgan fingerprint density at radius 1 is 1.23 bits per heavy atom. The molecule has 1 aromatic carbocycles. The van der Waals surface area contributed by atoms with Gasteiger partial charge in [-0.3, -0.25) is 14.3 Å². The van der Waals surface area contributed by atoms with E-state index in [1.165, 1.54) is 11.8 Å². The molecule has 3 heterocycles. The molecule has 0 fully saturated rings. The lowest BCUT2D eigenvalue weighted by Gasteiger charge is -2.13. The lowest BCUT2D eigenvalue weighted by Crippen LogP contribution is -2.23. The third kappa shape index (κ3) is 4.95. The van der Waals surface area contributed by atoms with Gasteiger partial charge in [0.25, 0.3) is 0 Å². The highest BCUT2D eigenvalue weighted by molar-refractivity contribution is 8.00. The van der Waals surface area contributed by atoms with Crippen molar-refractivity contribution in [1.82, 2.24) is 19.7 Å². The van der Waals surface area contributed by atoms with Crippen molar-refractivity contribution in [3.63, 3.8) is 0 Å². The normalized spacial score (nSPS) is 11.8. The zero-order valence-corrected chi connectivity index (χ0v) is 17.9. The van der Waals surface area contributed by atoms with Crippen molar-refractivity contribution in [3.05, 3.63) is 72.9 Å². The van der Waals surface area contributed by atoms with Crippen LogP contribution in [0.3, 0.4) is 0 Å². The van der Waals surface area contributed by atoms with E-state index in [2.05, 4.69) is 20.5 Å². The minimum absolute atomic E-state index is 0.145. The minimum atomic E-state index is -0.410. The van der Waals surface area contributed by atoms with E-state index < -0.39 is 5.25 Å². The first-order chi connectivity index (χ1) is 15.1. The number of methoxy groups -OCH3 is 1. The Labute approximate surface area is 183 Å². The summed E-state index contributed by atoms with van der Waals surface area (Å²) in [4.78, 5) is 16.9. The summed E-state index contributed by atoms with van der Waals surface area (Å²) in [5.41, 5.74) is 1.51. The van der Waals surface area contributed by atoms with Gasteiger partial charge in [-0.1, -0.05) is 17.8 Å². The number of ether oxygens (including phenoxy) is 1. The lowest BCUT2D eigenvalue weighted by atomic mass is 10.2. The summed E-state index contributed by atoms with van der Waals surface area (Å²) < 4.78 is 12.7. The molecule has 0 saturated carbocycles. The first kappa shape index (κ1) is 20.7. The second-order valence-corrected chi connectivity index (χ2v) is 8.00. The molecule has 158 valence electrons. The van der Waals surface area contributed by atoms with Crippen LogP contribution in [0.5, 0.6) is 5.75 Å². The first-order valence-corrected chi connectivity index (χ1v) is 10.5. The molecule has 31 heavy (non-hydrogen) atoms. The van der Waals surface area contributed by atoms with E-state index in [1.54, 1.807) is 31.8 Å². The Kier molecular flexibility index (Phi) is 6.32. The van der Waals surface area contributed by atoms with Crippen LogP contribution >= 0.6 is 11.8 Å². The number of hydrogen-bond acceptors (Lipinski definition) is 7. The topological polar surface area (TPSA) is 95.1 Å². The van der Waals surface area contributed by atoms with E-state index in [1.807, 2.05) is 54.0 Å². The molecule has 0 bridgehead atoms. The molecule has 1 N–H and O–H groups in total. The molecule has 9 heteroatoms. The maximum Gasteiger partial charge on any atom is 0.237 e. The maximum absolute atomic E-state index is 12.8. The predicted molar refractivity (Wildman–Crippen MR) is 118 cm³/mol. The van der Waals surface area contributed by atoms with Gasteiger partial charge in [0.15, 0.2) is 11.0 Å². The summed E-state index contributed by atoms with van der Waals surface area (Å²) in [5, 5.41) is 11.8. The molecule has 0 aliphatic heterocycles. The summed E-state index contributed by atoms with van der Waals surface area (Å²) >= 11 is 1.33. The van der Waals surface area contributed by atoms with Crippen LogP contribution < -0.4 is 10.1 Å². The van der Waals surface area contributed by atoms with Gasteiger partial charge in [0.2, 0.25) is 5.91 Å². The monoisotopic (exact) mass is 435 g/mol. The van der Waals surface area contributed by atoms with E-state index in [0.29, 0.717) is 29.0 Å². The van der Waals surface area contributed by atoms with Gasteiger partial charge in [-0.15, -0.1) is 10.2 Å². The Hall–Kier alpha value is -3.59. The molecule has 0 aliphatic carbocycles. The highest BCUT2D eigenvalue weighted by Crippen LogP contribution is 2.28. The van der Waals surface area contributed by atoms with E-state index in [9.17, 15) is 4.79 Å². The van der Waals surface area contributed by atoms with Gasteiger partial charge in [-0.25, -0.2) is 0 Å². The summed E-state index contributed by atoms with van der Waals surface area (Å²) in [6.07, 6.45) is 5.06. The van der Waals surface area contributed by atoms with Crippen molar-refractivity contribution < 1.29 is 13.9 Å². The number of aromatic nitrogens is 4. The number of nitrogens with one attached hydrogen (secondary N) is 1. The van der Waals surface area contributed by atoms with E-state index >= 15 is 0 Å². The van der Waals surface area contributed by atoms with E-state index in [-0.39, 0.29) is 5.91 Å². The first-order valence-electron chi connectivity index (χ1n) is 9.61. The van der Waals surface area contributed by atoms with Crippen molar-refractivity contribution >= 4 is 23.4 Å². The fourth-order valence-corrected chi connectivity index (χ4v) is 3.79. The Morgan fingerprint density at radius 2 is 2.13 bits per heavy atom. The molecule has 4 aromatic rings. The van der Waals surface area contributed by atoms with E-state index in [4.69, 9.17) is 9.15 Å². The molecular weight excluding hydrogens is 414 g/mol. The fraction of sp³-hybridized carbons (Fsp3) is 0.182. The molecule has 8 nitrogen and oxygen atoms in total. The molecule has 1 atom stereocenters. The lowest BCUT2D eigenvalue weighted by molar-refractivity contribution is -0.115. The zero-order chi connectivity index (χ0) is 21.6. The number of anilines is 1. The fourth-order valence-electron chi connectivity index (χ4n) is 2.94. The van der Waals surface area contributed by atoms with Crippen LogP contribution in [0.2, 0.25) is 0 Å². The summed E-state index contributed by atoms with van der Waals surface area (Å²) in [6.45, 7) is 2.27. The second-order valence-electron chi connectivity index (χ2n) is 6.69. The average Bonchev–Trinajstić information content (AvgIpc) is 3.45.